The Balaban J connectivity index is 1.08. The first-order valence-corrected chi connectivity index (χ1v) is 22.7. The molecule has 66 heavy (non-hydrogen) atoms. The number of ether oxygens (including phenoxy) is 11. The quantitative estimate of drug-likeness (QED) is 0.0734. The van der Waals surface area contributed by atoms with Crippen molar-refractivity contribution in [2.45, 2.75) is 101 Å². The van der Waals surface area contributed by atoms with Crippen molar-refractivity contribution in [1.29, 1.82) is 0 Å². The predicted molar refractivity (Wildman–Crippen MR) is 245 cm³/mol. The van der Waals surface area contributed by atoms with Gasteiger partial charge in [-0.2, -0.15) is 0 Å². The molecule has 11 nitrogen and oxygen atoms in total. The highest BCUT2D eigenvalue weighted by Crippen LogP contribution is 2.40. The van der Waals surface area contributed by atoms with Crippen LogP contribution in [0, 0.1) is 0 Å². The van der Waals surface area contributed by atoms with E-state index in [2.05, 4.69) is 0 Å². The van der Waals surface area contributed by atoms with Gasteiger partial charge in [-0.1, -0.05) is 182 Å². The van der Waals surface area contributed by atoms with E-state index in [0.29, 0.717) is 13.2 Å². The fraction of sp³-hybridized carbons (Fsp3) is 0.345. The van der Waals surface area contributed by atoms with Crippen LogP contribution in [0.2, 0.25) is 0 Å². The molecular weight excluding hydrogens is 837 g/mol. The van der Waals surface area contributed by atoms with Crippen LogP contribution in [0.4, 0.5) is 0 Å². The Kier molecular flexibility index (Phi) is 16.4. The van der Waals surface area contributed by atoms with E-state index in [0.717, 1.165) is 33.4 Å². The molecule has 3 fully saturated rings. The highest BCUT2D eigenvalue weighted by Gasteiger charge is 2.56. The van der Waals surface area contributed by atoms with Gasteiger partial charge in [0.05, 0.1) is 46.2 Å². The number of benzene rings is 6. The molecule has 0 saturated carbocycles. The molecule has 6 aromatic carbocycles. The summed E-state index contributed by atoms with van der Waals surface area (Å²) in [4.78, 5) is 0. The monoisotopic (exact) mass is 894 g/mol. The smallest absolute Gasteiger partial charge is 0.187 e. The number of rotatable bonds is 20. The zero-order valence-electron chi connectivity index (χ0n) is 37.1. The van der Waals surface area contributed by atoms with Gasteiger partial charge in [-0.05, 0) is 27.8 Å². The van der Waals surface area contributed by atoms with Crippen LogP contribution in [0.5, 0.6) is 0 Å². The van der Waals surface area contributed by atoms with Gasteiger partial charge in [0.2, 0.25) is 0 Å². The third-order valence-corrected chi connectivity index (χ3v) is 12.0. The normalized spacial score (nSPS) is 27.5. The molecule has 9 rings (SSSR count). The Hall–Kier alpha value is -5.12. The predicted octanol–water partition coefficient (Wildman–Crippen LogP) is 9.14. The molecule has 3 saturated heterocycles. The van der Waals surface area contributed by atoms with Crippen LogP contribution in [-0.4, -0.2) is 81.7 Å². The number of hydrogen-bond donors (Lipinski definition) is 0. The fourth-order valence-electron chi connectivity index (χ4n) is 8.63. The molecule has 0 radical (unpaired) electrons. The lowest BCUT2D eigenvalue weighted by atomic mass is 9.95. The SMILES string of the molecule is CO[C@H]1O[C@@H]2COC(c3ccccc3)O[C@H]2[C@H](OCc2ccccc2)[C@H]1OC1O[C@H](COCc2ccccc2)[C@@H](OCc2ccccc2)[C@H](OCc2ccccc2)[C@H]1OCc1ccccc1. The van der Waals surface area contributed by atoms with Gasteiger partial charge in [-0.3, -0.25) is 0 Å². The van der Waals surface area contributed by atoms with E-state index in [1.807, 2.05) is 182 Å². The van der Waals surface area contributed by atoms with Crippen LogP contribution in [0.25, 0.3) is 0 Å². The summed E-state index contributed by atoms with van der Waals surface area (Å²) in [7, 11) is 1.59. The van der Waals surface area contributed by atoms with Gasteiger partial charge in [-0.15, -0.1) is 0 Å². The largest absolute Gasteiger partial charge is 0.374 e. The first-order valence-electron chi connectivity index (χ1n) is 22.7. The van der Waals surface area contributed by atoms with Crippen LogP contribution in [0.1, 0.15) is 39.7 Å². The molecule has 0 aliphatic carbocycles. The van der Waals surface area contributed by atoms with Gasteiger partial charge in [0.1, 0.15) is 48.8 Å². The summed E-state index contributed by atoms with van der Waals surface area (Å²) >= 11 is 0. The van der Waals surface area contributed by atoms with Crippen molar-refractivity contribution in [1.82, 2.24) is 0 Å². The molecule has 11 atom stereocenters. The van der Waals surface area contributed by atoms with Crippen molar-refractivity contribution in [3.8, 4) is 0 Å². The molecule has 0 N–H and O–H groups in total. The van der Waals surface area contributed by atoms with Crippen molar-refractivity contribution < 1.29 is 52.1 Å². The van der Waals surface area contributed by atoms with Gasteiger partial charge < -0.3 is 52.1 Å². The Morgan fingerprint density at radius 3 is 1.36 bits per heavy atom. The lowest BCUT2D eigenvalue weighted by molar-refractivity contribution is -0.400. The minimum absolute atomic E-state index is 0.164. The third-order valence-electron chi connectivity index (χ3n) is 12.0. The highest BCUT2D eigenvalue weighted by atomic mass is 16.8. The average Bonchev–Trinajstić information content (AvgIpc) is 3.38. The molecule has 3 heterocycles. The molecule has 0 spiro atoms. The van der Waals surface area contributed by atoms with E-state index < -0.39 is 67.7 Å². The Labute approximate surface area is 387 Å². The maximum atomic E-state index is 7.28. The summed E-state index contributed by atoms with van der Waals surface area (Å²) < 4.78 is 74.5. The highest BCUT2D eigenvalue weighted by molar-refractivity contribution is 5.19. The molecule has 344 valence electrons. The first-order chi connectivity index (χ1) is 32.7. The van der Waals surface area contributed by atoms with Crippen molar-refractivity contribution in [2.24, 2.45) is 0 Å². The Morgan fingerprint density at radius 1 is 0.424 bits per heavy atom. The second-order valence-corrected chi connectivity index (χ2v) is 16.6. The van der Waals surface area contributed by atoms with E-state index in [4.69, 9.17) is 52.1 Å². The standard InChI is InChI=1S/C55H58O11/c1-56-54-52(50(60-35-42-26-14-5-15-27-42)48-46(63-54)38-62-53(65-48)44-30-18-7-19-31-44)66-55-51(61-36-43-28-16-6-17-29-43)49(59-34-41-24-12-4-13-25-41)47(58-33-40-22-10-3-11-23-40)45(64-55)37-57-32-39-20-8-2-9-21-39/h2-31,45-55H,32-38H2,1H3/t45-,46-,47-,48-,49+,50+,51-,52-,53?,54+,55?/m1/s1. The third kappa shape index (κ3) is 12.1. The van der Waals surface area contributed by atoms with E-state index in [1.165, 1.54) is 0 Å². The fourth-order valence-corrected chi connectivity index (χ4v) is 8.63. The van der Waals surface area contributed by atoms with Crippen molar-refractivity contribution in [3.63, 3.8) is 0 Å². The van der Waals surface area contributed by atoms with Gasteiger partial charge in [-0.25, -0.2) is 0 Å². The molecule has 3 aliphatic rings. The number of hydrogen-bond acceptors (Lipinski definition) is 11. The molecule has 11 heteroatoms. The Bertz CT molecular complexity index is 2280. The molecule has 0 amide bonds. The summed E-state index contributed by atoms with van der Waals surface area (Å²) in [5.74, 6) is 0. The topological polar surface area (TPSA) is 102 Å². The maximum Gasteiger partial charge on any atom is 0.187 e. The zero-order valence-corrected chi connectivity index (χ0v) is 37.1. The van der Waals surface area contributed by atoms with Gasteiger partial charge >= 0.3 is 0 Å². The molecule has 2 unspecified atom stereocenters. The summed E-state index contributed by atoms with van der Waals surface area (Å²) in [6.07, 6.45) is -8.26. The summed E-state index contributed by atoms with van der Waals surface area (Å²) in [5.41, 5.74) is 5.87. The van der Waals surface area contributed by atoms with E-state index in [9.17, 15) is 0 Å². The zero-order chi connectivity index (χ0) is 44.8. The minimum atomic E-state index is -1.06. The average molecular weight is 895 g/mol. The van der Waals surface area contributed by atoms with E-state index >= 15 is 0 Å². The number of methoxy groups -OCH3 is 1. The van der Waals surface area contributed by atoms with Crippen LogP contribution in [0.15, 0.2) is 182 Å². The first kappa shape index (κ1) is 46.0. The molecular formula is C55H58O11. The Morgan fingerprint density at radius 2 is 0.864 bits per heavy atom. The summed E-state index contributed by atoms with van der Waals surface area (Å²) in [6.45, 7) is 1.88. The minimum Gasteiger partial charge on any atom is -0.374 e. The van der Waals surface area contributed by atoms with Gasteiger partial charge in [0.25, 0.3) is 0 Å². The van der Waals surface area contributed by atoms with Crippen LogP contribution in [0.3, 0.4) is 0 Å². The molecule has 0 aromatic heterocycles. The second-order valence-electron chi connectivity index (χ2n) is 16.6. The van der Waals surface area contributed by atoms with Crippen molar-refractivity contribution in [3.05, 3.63) is 215 Å². The summed E-state index contributed by atoms with van der Waals surface area (Å²) in [6, 6.07) is 60.1. The van der Waals surface area contributed by atoms with Crippen LogP contribution in [-0.2, 0) is 85.1 Å². The number of fused-ring (bicyclic) bond motifs is 1. The maximum absolute atomic E-state index is 7.28. The van der Waals surface area contributed by atoms with Crippen LogP contribution < -0.4 is 0 Å². The summed E-state index contributed by atoms with van der Waals surface area (Å²) in [5, 5.41) is 0. The molecule has 6 aromatic rings. The molecule has 3 aliphatic heterocycles. The lowest BCUT2D eigenvalue weighted by Gasteiger charge is -2.51. The lowest BCUT2D eigenvalue weighted by Crippen LogP contribution is -2.67. The van der Waals surface area contributed by atoms with E-state index in [-0.39, 0.29) is 33.0 Å². The molecule has 0 bridgehead atoms. The van der Waals surface area contributed by atoms with E-state index in [1.54, 1.807) is 7.11 Å². The second kappa shape index (κ2) is 23.6. The van der Waals surface area contributed by atoms with Crippen LogP contribution >= 0.6 is 0 Å². The van der Waals surface area contributed by atoms with Crippen molar-refractivity contribution >= 4 is 0 Å². The van der Waals surface area contributed by atoms with Gasteiger partial charge in [0, 0.05) is 12.7 Å². The van der Waals surface area contributed by atoms with Gasteiger partial charge in [0.15, 0.2) is 18.9 Å². The van der Waals surface area contributed by atoms with Crippen molar-refractivity contribution in [2.75, 3.05) is 20.3 Å².